The molecule has 1 saturated carbocycles. The number of nitrogens with zero attached hydrogens (tertiary/aromatic N) is 1. The number of hydrogen-bond acceptors (Lipinski definition) is 4. The second kappa shape index (κ2) is 6.24. The molecule has 0 aromatic heterocycles. The molecule has 136 valence electrons. The van der Waals surface area contributed by atoms with Crippen molar-refractivity contribution in [3.8, 4) is 0 Å². The van der Waals surface area contributed by atoms with Crippen LogP contribution in [-0.2, 0) is 16.1 Å². The maximum absolute atomic E-state index is 12.2. The Kier molecular flexibility index (Phi) is 4.39. The standard InChI is InChI=1S/C19H26N2O4/c1-18(2,3)25-16(22)20-15-14-10-21(12-19(14,15)4)17(23)24-11-13-8-6-5-7-9-13/h5-9,14-15H,10-12H2,1-4H3,(H,20,22). The lowest BCUT2D eigenvalue weighted by molar-refractivity contribution is 0.0507. The molecule has 6 heteroatoms. The molecular weight excluding hydrogens is 320 g/mol. The average Bonchev–Trinajstić information content (AvgIpc) is 2.88. The Hall–Kier alpha value is -2.24. The normalized spacial score (nSPS) is 27.4. The number of ether oxygens (including phenoxy) is 2. The van der Waals surface area contributed by atoms with Crippen molar-refractivity contribution in [2.24, 2.45) is 11.3 Å². The number of alkyl carbamates (subject to hydrolysis) is 1. The van der Waals surface area contributed by atoms with E-state index in [4.69, 9.17) is 9.47 Å². The first-order chi connectivity index (χ1) is 11.7. The first-order valence-corrected chi connectivity index (χ1v) is 8.64. The Labute approximate surface area is 148 Å². The maximum atomic E-state index is 12.2. The molecule has 6 nitrogen and oxygen atoms in total. The van der Waals surface area contributed by atoms with Crippen LogP contribution in [0.5, 0.6) is 0 Å². The van der Waals surface area contributed by atoms with Crippen LogP contribution in [0.4, 0.5) is 9.59 Å². The summed E-state index contributed by atoms with van der Waals surface area (Å²) in [4.78, 5) is 25.9. The van der Waals surface area contributed by atoms with Crippen LogP contribution in [0.1, 0.15) is 33.3 Å². The quantitative estimate of drug-likeness (QED) is 0.913. The van der Waals surface area contributed by atoms with Gasteiger partial charge in [0.05, 0.1) is 0 Å². The van der Waals surface area contributed by atoms with Gasteiger partial charge in [-0.05, 0) is 26.3 Å². The fourth-order valence-corrected chi connectivity index (χ4v) is 3.55. The van der Waals surface area contributed by atoms with Crippen molar-refractivity contribution in [2.45, 2.75) is 45.9 Å². The molecule has 2 amide bonds. The molecule has 1 aliphatic heterocycles. The number of hydrogen-bond donors (Lipinski definition) is 1. The Balaban J connectivity index is 1.46. The van der Waals surface area contributed by atoms with Gasteiger partial charge in [0, 0.05) is 30.5 Å². The zero-order valence-electron chi connectivity index (χ0n) is 15.2. The largest absolute Gasteiger partial charge is 0.445 e. The van der Waals surface area contributed by atoms with Gasteiger partial charge in [0.2, 0.25) is 0 Å². The second-order valence-corrected chi connectivity index (χ2v) is 8.16. The summed E-state index contributed by atoms with van der Waals surface area (Å²) < 4.78 is 10.7. The van der Waals surface area contributed by atoms with Crippen molar-refractivity contribution in [2.75, 3.05) is 13.1 Å². The minimum absolute atomic E-state index is 0.0560. The maximum Gasteiger partial charge on any atom is 0.410 e. The summed E-state index contributed by atoms with van der Waals surface area (Å²) in [5.74, 6) is 0.254. The van der Waals surface area contributed by atoms with Crippen molar-refractivity contribution in [3.05, 3.63) is 35.9 Å². The topological polar surface area (TPSA) is 67.9 Å². The lowest BCUT2D eigenvalue weighted by Gasteiger charge is -2.24. The molecule has 0 bridgehead atoms. The fraction of sp³-hybridized carbons (Fsp3) is 0.579. The van der Waals surface area contributed by atoms with E-state index in [-0.39, 0.29) is 30.1 Å². The molecular formula is C19H26N2O4. The predicted octanol–water partition coefficient (Wildman–Crippen LogP) is 3.17. The van der Waals surface area contributed by atoms with E-state index in [2.05, 4.69) is 12.2 Å². The predicted molar refractivity (Wildman–Crippen MR) is 93.0 cm³/mol. The highest BCUT2D eigenvalue weighted by Gasteiger charge is 2.67. The van der Waals surface area contributed by atoms with Gasteiger partial charge in [-0.25, -0.2) is 9.59 Å². The molecule has 1 N–H and O–H groups in total. The van der Waals surface area contributed by atoms with Crippen LogP contribution in [0.25, 0.3) is 0 Å². The molecule has 3 rings (SSSR count). The van der Waals surface area contributed by atoms with Crippen LogP contribution >= 0.6 is 0 Å². The smallest absolute Gasteiger partial charge is 0.410 e. The van der Waals surface area contributed by atoms with Crippen LogP contribution in [0.2, 0.25) is 0 Å². The molecule has 3 unspecified atom stereocenters. The van der Waals surface area contributed by atoms with Gasteiger partial charge in [0.15, 0.2) is 0 Å². The van der Waals surface area contributed by atoms with Gasteiger partial charge in [0.1, 0.15) is 12.2 Å². The molecule has 3 atom stereocenters. The number of carbonyl (C=O) groups is 2. The molecule has 25 heavy (non-hydrogen) atoms. The van der Waals surface area contributed by atoms with E-state index >= 15 is 0 Å². The van der Waals surface area contributed by atoms with Crippen LogP contribution < -0.4 is 5.32 Å². The highest BCUT2D eigenvalue weighted by Crippen LogP contribution is 2.57. The van der Waals surface area contributed by atoms with Crippen molar-refractivity contribution in [3.63, 3.8) is 0 Å². The summed E-state index contributed by atoms with van der Waals surface area (Å²) in [5.41, 5.74) is 0.362. The molecule has 2 aliphatic rings. The van der Waals surface area contributed by atoms with Crippen molar-refractivity contribution in [1.29, 1.82) is 0 Å². The first-order valence-electron chi connectivity index (χ1n) is 8.64. The Bertz CT molecular complexity index is 655. The van der Waals surface area contributed by atoms with E-state index in [1.807, 2.05) is 51.1 Å². The van der Waals surface area contributed by atoms with Crippen molar-refractivity contribution in [1.82, 2.24) is 10.2 Å². The summed E-state index contributed by atoms with van der Waals surface area (Å²) in [6.07, 6.45) is -0.695. The third-order valence-electron chi connectivity index (χ3n) is 4.93. The minimum atomic E-state index is -0.512. The van der Waals surface area contributed by atoms with Gasteiger partial charge in [0.25, 0.3) is 0 Å². The third kappa shape index (κ3) is 3.89. The summed E-state index contributed by atoms with van der Waals surface area (Å²) >= 11 is 0. The lowest BCUT2D eigenvalue weighted by Crippen LogP contribution is -2.41. The zero-order chi connectivity index (χ0) is 18.2. The first kappa shape index (κ1) is 17.6. The van der Waals surface area contributed by atoms with Gasteiger partial charge < -0.3 is 19.7 Å². The number of fused-ring (bicyclic) bond motifs is 1. The molecule has 1 aromatic carbocycles. The molecule has 0 radical (unpaired) electrons. The van der Waals surface area contributed by atoms with Gasteiger partial charge in [-0.15, -0.1) is 0 Å². The second-order valence-electron chi connectivity index (χ2n) is 8.16. The highest BCUT2D eigenvalue weighted by molar-refractivity contribution is 5.71. The van der Waals surface area contributed by atoms with E-state index in [9.17, 15) is 9.59 Å². The summed E-state index contributed by atoms with van der Waals surface area (Å²) in [7, 11) is 0. The van der Waals surface area contributed by atoms with Crippen molar-refractivity contribution >= 4 is 12.2 Å². The summed E-state index contributed by atoms with van der Waals surface area (Å²) in [6.45, 7) is 9.07. The summed E-state index contributed by atoms with van der Waals surface area (Å²) in [6, 6.07) is 9.68. The summed E-state index contributed by atoms with van der Waals surface area (Å²) in [5, 5.41) is 2.93. The van der Waals surface area contributed by atoms with E-state index in [0.29, 0.717) is 13.1 Å². The number of carbonyl (C=O) groups excluding carboxylic acids is 2. The van der Waals surface area contributed by atoms with Crippen LogP contribution in [0.15, 0.2) is 30.3 Å². The van der Waals surface area contributed by atoms with Gasteiger partial charge in [-0.2, -0.15) is 0 Å². The zero-order valence-corrected chi connectivity index (χ0v) is 15.2. The SMILES string of the molecule is CC(C)(C)OC(=O)NC1C2CN(C(=O)OCc3ccccc3)CC21C. The van der Waals surface area contributed by atoms with Gasteiger partial charge in [-0.1, -0.05) is 37.3 Å². The van der Waals surface area contributed by atoms with Crippen molar-refractivity contribution < 1.29 is 19.1 Å². The molecule has 0 spiro atoms. The van der Waals surface area contributed by atoms with E-state index < -0.39 is 11.7 Å². The Morgan fingerprint density at radius 2 is 1.96 bits per heavy atom. The average molecular weight is 346 g/mol. The number of rotatable bonds is 3. The van der Waals surface area contributed by atoms with E-state index in [1.54, 1.807) is 4.90 Å². The molecule has 1 aromatic rings. The van der Waals surface area contributed by atoms with E-state index in [1.165, 1.54) is 0 Å². The number of benzene rings is 1. The van der Waals surface area contributed by atoms with Gasteiger partial charge in [-0.3, -0.25) is 0 Å². The number of likely N-dealkylation sites (tertiary alicyclic amines) is 1. The lowest BCUT2D eigenvalue weighted by atomic mass is 10.1. The number of piperidine rings is 1. The highest BCUT2D eigenvalue weighted by atomic mass is 16.6. The van der Waals surface area contributed by atoms with Gasteiger partial charge >= 0.3 is 12.2 Å². The Morgan fingerprint density at radius 1 is 1.28 bits per heavy atom. The molecule has 1 saturated heterocycles. The fourth-order valence-electron chi connectivity index (χ4n) is 3.55. The Morgan fingerprint density at radius 3 is 2.52 bits per heavy atom. The third-order valence-corrected chi connectivity index (χ3v) is 4.93. The number of nitrogens with one attached hydrogen (secondary N) is 1. The van der Waals surface area contributed by atoms with Crippen LogP contribution in [-0.4, -0.2) is 41.8 Å². The molecule has 1 heterocycles. The van der Waals surface area contributed by atoms with Crippen LogP contribution in [0, 0.1) is 11.3 Å². The minimum Gasteiger partial charge on any atom is -0.445 e. The monoisotopic (exact) mass is 346 g/mol. The molecule has 2 fully saturated rings. The van der Waals surface area contributed by atoms with Crippen LogP contribution in [0.3, 0.4) is 0 Å². The molecule has 1 aliphatic carbocycles. The number of amides is 2. The van der Waals surface area contributed by atoms with E-state index in [0.717, 1.165) is 5.56 Å².